The van der Waals surface area contributed by atoms with E-state index >= 15 is 0 Å². The van der Waals surface area contributed by atoms with Gasteiger partial charge in [0.2, 0.25) is 0 Å². The van der Waals surface area contributed by atoms with E-state index in [1.807, 2.05) is 6.92 Å². The summed E-state index contributed by atoms with van der Waals surface area (Å²) in [6, 6.07) is 1.06. The third-order valence-electron chi connectivity index (χ3n) is 2.90. The van der Waals surface area contributed by atoms with Gasteiger partial charge in [0.05, 0.1) is 4.92 Å². The van der Waals surface area contributed by atoms with E-state index in [4.69, 9.17) is 0 Å². The molecule has 2 unspecified atom stereocenters. The number of sulfonamides is 1. The molecule has 9 heteroatoms. The van der Waals surface area contributed by atoms with Crippen LogP contribution in [0.1, 0.15) is 20.3 Å². The molecule has 106 valence electrons. The van der Waals surface area contributed by atoms with Crippen LogP contribution in [0.3, 0.4) is 0 Å². The molecule has 0 amide bonds. The van der Waals surface area contributed by atoms with Crippen molar-refractivity contribution in [1.29, 1.82) is 0 Å². The number of nitro groups is 1. The van der Waals surface area contributed by atoms with Crippen molar-refractivity contribution >= 4 is 32.0 Å². The molecule has 1 aromatic rings. The Morgan fingerprint density at radius 3 is 2.68 bits per heavy atom. The minimum absolute atomic E-state index is 0.0192. The van der Waals surface area contributed by atoms with Crippen molar-refractivity contribution in [1.82, 2.24) is 4.72 Å². The molecule has 1 heterocycles. The van der Waals surface area contributed by atoms with E-state index in [0.29, 0.717) is 12.5 Å². The summed E-state index contributed by atoms with van der Waals surface area (Å²) < 4.78 is 26.7. The smallest absolute Gasteiger partial charge is 0.304 e. The quantitative estimate of drug-likeness (QED) is 0.616. The average Bonchev–Trinajstić information content (AvgIpc) is 2.82. The standard InChI is InChI=1S/C10H15N3O4S2/c1-3-11-10-8(13(14)15)5-9(18-10)19(16,17)12-7-4-6(7)2/h5-7,11-12H,3-4H2,1-2H3. The first-order valence-corrected chi connectivity index (χ1v) is 8.19. The lowest BCUT2D eigenvalue weighted by molar-refractivity contribution is -0.383. The number of rotatable bonds is 6. The Labute approximate surface area is 115 Å². The van der Waals surface area contributed by atoms with Gasteiger partial charge < -0.3 is 5.32 Å². The number of nitrogens with zero attached hydrogens (tertiary/aromatic N) is 1. The molecule has 1 aliphatic rings. The number of thiophene rings is 1. The van der Waals surface area contributed by atoms with Gasteiger partial charge >= 0.3 is 5.69 Å². The number of hydrogen-bond acceptors (Lipinski definition) is 6. The predicted molar refractivity (Wildman–Crippen MR) is 73.0 cm³/mol. The van der Waals surface area contributed by atoms with Crippen molar-refractivity contribution in [3.8, 4) is 0 Å². The van der Waals surface area contributed by atoms with Crippen LogP contribution in [0.5, 0.6) is 0 Å². The first-order chi connectivity index (χ1) is 8.85. The molecule has 0 radical (unpaired) electrons. The van der Waals surface area contributed by atoms with Crippen LogP contribution in [-0.4, -0.2) is 25.9 Å². The molecule has 19 heavy (non-hydrogen) atoms. The highest BCUT2D eigenvalue weighted by Crippen LogP contribution is 2.38. The second-order valence-corrected chi connectivity index (χ2v) is 7.50. The maximum Gasteiger partial charge on any atom is 0.304 e. The number of nitrogens with one attached hydrogen (secondary N) is 2. The van der Waals surface area contributed by atoms with Crippen LogP contribution in [-0.2, 0) is 10.0 Å². The molecule has 1 aliphatic carbocycles. The van der Waals surface area contributed by atoms with Crippen molar-refractivity contribution in [3.63, 3.8) is 0 Å². The molecule has 0 aromatic carbocycles. The number of hydrogen-bond donors (Lipinski definition) is 2. The van der Waals surface area contributed by atoms with Gasteiger partial charge in [-0.3, -0.25) is 10.1 Å². The molecule has 0 aliphatic heterocycles. The lowest BCUT2D eigenvalue weighted by atomic mass is 10.5. The van der Waals surface area contributed by atoms with Crippen LogP contribution >= 0.6 is 11.3 Å². The lowest BCUT2D eigenvalue weighted by Crippen LogP contribution is -2.26. The summed E-state index contributed by atoms with van der Waals surface area (Å²) in [7, 11) is -3.66. The molecule has 2 atom stereocenters. The fourth-order valence-corrected chi connectivity index (χ4v) is 4.43. The Balaban J connectivity index is 2.29. The maximum atomic E-state index is 12.1. The van der Waals surface area contributed by atoms with Crippen LogP contribution in [0.4, 0.5) is 10.7 Å². The van der Waals surface area contributed by atoms with Gasteiger partial charge in [-0.1, -0.05) is 18.3 Å². The van der Waals surface area contributed by atoms with E-state index in [9.17, 15) is 18.5 Å². The minimum Gasteiger partial charge on any atom is -0.372 e. The van der Waals surface area contributed by atoms with Gasteiger partial charge in [-0.25, -0.2) is 13.1 Å². The van der Waals surface area contributed by atoms with E-state index in [-0.39, 0.29) is 20.9 Å². The first kappa shape index (κ1) is 14.2. The summed E-state index contributed by atoms with van der Waals surface area (Å²) in [5.74, 6) is 0.331. The van der Waals surface area contributed by atoms with Crippen LogP contribution < -0.4 is 10.0 Å². The molecule has 2 N–H and O–H groups in total. The fourth-order valence-electron chi connectivity index (χ4n) is 1.66. The molecule has 2 rings (SSSR count). The predicted octanol–water partition coefficient (Wildman–Crippen LogP) is 1.77. The lowest BCUT2D eigenvalue weighted by Gasteiger charge is -2.02. The second kappa shape index (κ2) is 5.06. The van der Waals surface area contributed by atoms with Crippen molar-refractivity contribution in [2.24, 2.45) is 5.92 Å². The Kier molecular flexibility index (Phi) is 3.79. The first-order valence-electron chi connectivity index (χ1n) is 5.89. The summed E-state index contributed by atoms with van der Waals surface area (Å²) in [6.45, 7) is 4.24. The van der Waals surface area contributed by atoms with Gasteiger partial charge in [-0.05, 0) is 19.3 Å². The molecular formula is C10H15N3O4S2. The zero-order valence-electron chi connectivity index (χ0n) is 10.5. The Bertz CT molecular complexity index is 596. The van der Waals surface area contributed by atoms with E-state index in [0.717, 1.165) is 23.8 Å². The van der Waals surface area contributed by atoms with Crippen LogP contribution in [0, 0.1) is 16.0 Å². The van der Waals surface area contributed by atoms with Crippen LogP contribution in [0.2, 0.25) is 0 Å². The molecular weight excluding hydrogens is 290 g/mol. The van der Waals surface area contributed by atoms with Crippen molar-refractivity contribution < 1.29 is 13.3 Å². The Morgan fingerprint density at radius 2 is 2.21 bits per heavy atom. The Hall–Kier alpha value is -1.19. The third kappa shape index (κ3) is 3.04. The highest BCUT2D eigenvalue weighted by atomic mass is 32.2. The summed E-state index contributed by atoms with van der Waals surface area (Å²) in [4.78, 5) is 10.3. The summed E-state index contributed by atoms with van der Waals surface area (Å²) in [6.07, 6.45) is 0.812. The van der Waals surface area contributed by atoms with Crippen LogP contribution in [0.25, 0.3) is 0 Å². The van der Waals surface area contributed by atoms with Gasteiger partial charge in [-0.2, -0.15) is 0 Å². The van der Waals surface area contributed by atoms with E-state index < -0.39 is 14.9 Å². The largest absolute Gasteiger partial charge is 0.372 e. The fraction of sp³-hybridized carbons (Fsp3) is 0.600. The van der Waals surface area contributed by atoms with Crippen molar-refractivity contribution in [3.05, 3.63) is 16.2 Å². The van der Waals surface area contributed by atoms with Gasteiger partial charge in [0.15, 0.2) is 5.00 Å². The van der Waals surface area contributed by atoms with E-state index in [2.05, 4.69) is 10.0 Å². The van der Waals surface area contributed by atoms with E-state index in [1.54, 1.807) is 6.92 Å². The summed E-state index contributed by atoms with van der Waals surface area (Å²) in [5.41, 5.74) is -0.198. The topological polar surface area (TPSA) is 101 Å². The number of anilines is 1. The molecule has 0 spiro atoms. The van der Waals surface area contributed by atoms with Gasteiger partial charge in [0.1, 0.15) is 4.21 Å². The summed E-state index contributed by atoms with van der Waals surface area (Å²) >= 11 is 0.887. The van der Waals surface area contributed by atoms with Gasteiger partial charge in [0.25, 0.3) is 10.0 Å². The molecule has 1 aromatic heterocycles. The highest BCUT2D eigenvalue weighted by Gasteiger charge is 2.37. The minimum atomic E-state index is -3.66. The normalized spacial score (nSPS) is 22.2. The molecule has 0 bridgehead atoms. The highest BCUT2D eigenvalue weighted by molar-refractivity contribution is 7.91. The zero-order valence-corrected chi connectivity index (χ0v) is 12.2. The van der Waals surface area contributed by atoms with E-state index in [1.165, 1.54) is 0 Å². The SMILES string of the molecule is CCNc1sc(S(=O)(=O)NC2CC2C)cc1[N+](=O)[O-]. The molecule has 1 fully saturated rings. The van der Waals surface area contributed by atoms with Gasteiger partial charge in [0, 0.05) is 18.7 Å². The molecule has 7 nitrogen and oxygen atoms in total. The van der Waals surface area contributed by atoms with Crippen molar-refractivity contribution in [2.45, 2.75) is 30.5 Å². The summed E-state index contributed by atoms with van der Waals surface area (Å²) in [5, 5.41) is 14.0. The second-order valence-electron chi connectivity index (χ2n) is 4.51. The Morgan fingerprint density at radius 1 is 1.58 bits per heavy atom. The molecule has 0 saturated heterocycles. The van der Waals surface area contributed by atoms with Gasteiger partial charge in [-0.15, -0.1) is 0 Å². The monoisotopic (exact) mass is 305 g/mol. The maximum absolute atomic E-state index is 12.1. The van der Waals surface area contributed by atoms with Crippen LogP contribution in [0.15, 0.2) is 10.3 Å². The zero-order chi connectivity index (χ0) is 14.2. The van der Waals surface area contributed by atoms with Crippen molar-refractivity contribution in [2.75, 3.05) is 11.9 Å². The molecule has 1 saturated carbocycles. The third-order valence-corrected chi connectivity index (χ3v) is 5.95. The average molecular weight is 305 g/mol.